The maximum Gasteiger partial charge on any atom is 0.139 e. The van der Waals surface area contributed by atoms with Gasteiger partial charge in [-0.15, -0.1) is 0 Å². The molecule has 96 valence electrons. The van der Waals surface area contributed by atoms with Crippen LogP contribution in [0.5, 0.6) is 0 Å². The molecule has 0 radical (unpaired) electrons. The van der Waals surface area contributed by atoms with Crippen LogP contribution >= 0.6 is 0 Å². The fraction of sp³-hybridized carbons (Fsp3) is 0.364. The molecule has 0 fully saturated rings. The number of aliphatic hydroxyl groups excluding tert-OH is 1. The average molecular weight is 239 g/mol. The minimum absolute atomic E-state index is 0.102. The van der Waals surface area contributed by atoms with Gasteiger partial charge in [0.15, 0.2) is 0 Å². The molecule has 17 heavy (non-hydrogen) atoms. The van der Waals surface area contributed by atoms with E-state index in [9.17, 15) is 0 Å². The van der Waals surface area contributed by atoms with E-state index in [0.29, 0.717) is 11.3 Å². The lowest BCUT2D eigenvalue weighted by molar-refractivity contribution is 0.154. The van der Waals surface area contributed by atoms with Crippen molar-refractivity contribution in [3.05, 3.63) is 36.1 Å². The molecule has 0 heterocycles. The van der Waals surface area contributed by atoms with E-state index < -0.39 is 0 Å². The third-order valence-corrected chi connectivity index (χ3v) is 2.12. The summed E-state index contributed by atoms with van der Waals surface area (Å²) in [5, 5.41) is 18.3. The van der Waals surface area contributed by atoms with E-state index >= 15 is 0 Å². The van der Waals surface area contributed by atoms with Gasteiger partial charge in [0.1, 0.15) is 5.84 Å². The summed E-state index contributed by atoms with van der Waals surface area (Å²) >= 11 is 0. The molecule has 0 saturated heterocycles. The van der Waals surface area contributed by atoms with E-state index in [0.717, 1.165) is 0 Å². The lowest BCUT2D eigenvalue weighted by Crippen LogP contribution is -2.53. The third kappa shape index (κ3) is 5.30. The predicted octanol–water partition coefficient (Wildman–Crippen LogP) is -0.000330. The molecule has 0 aliphatic heterocycles. The van der Waals surface area contributed by atoms with Crippen LogP contribution in [0.2, 0.25) is 0 Å². The maximum absolute atomic E-state index is 9.02. The summed E-state index contributed by atoms with van der Waals surface area (Å²) in [6.45, 7) is 6.93. The highest BCUT2D eigenvalue weighted by Gasteiger charge is 2.15. The highest BCUT2D eigenvalue weighted by Crippen LogP contribution is 2.04. The smallest absolute Gasteiger partial charge is 0.139 e. The lowest BCUT2D eigenvalue weighted by atomic mass is 10.2. The minimum Gasteiger partial charge on any atom is -0.399 e. The third-order valence-electron chi connectivity index (χ3n) is 2.12. The van der Waals surface area contributed by atoms with Gasteiger partial charge in [-0.3, -0.25) is 16.3 Å². The monoisotopic (exact) mass is 239 g/mol. The molecule has 1 atom stereocenters. The Balaban J connectivity index is 4.72. The van der Waals surface area contributed by atoms with Crippen molar-refractivity contribution in [1.82, 2.24) is 10.5 Å². The second-order valence-electron chi connectivity index (χ2n) is 3.66. The van der Waals surface area contributed by atoms with Crippen molar-refractivity contribution in [2.24, 2.45) is 11.6 Å². The molecule has 1 unspecified atom stereocenters. The molecule has 6 heteroatoms. The largest absolute Gasteiger partial charge is 0.399 e. The molecule has 6 nitrogen and oxygen atoms in total. The summed E-state index contributed by atoms with van der Waals surface area (Å²) in [6, 6.07) is -0.288. The van der Waals surface area contributed by atoms with E-state index in [1.54, 1.807) is 32.1 Å². The van der Waals surface area contributed by atoms with Crippen molar-refractivity contribution >= 4 is 5.84 Å². The van der Waals surface area contributed by atoms with Crippen molar-refractivity contribution in [2.45, 2.75) is 19.9 Å². The van der Waals surface area contributed by atoms with Crippen molar-refractivity contribution in [1.29, 1.82) is 5.41 Å². The number of nitrogens with zero attached hydrogens (tertiary/aromatic N) is 1. The number of amidine groups is 1. The highest BCUT2D eigenvalue weighted by molar-refractivity contribution is 5.95. The molecule has 0 aromatic rings. The summed E-state index contributed by atoms with van der Waals surface area (Å²) in [5.74, 6) is 5.49. The molecule has 0 aromatic heterocycles. The lowest BCUT2D eigenvalue weighted by Gasteiger charge is -2.28. The van der Waals surface area contributed by atoms with Crippen LogP contribution in [-0.2, 0) is 0 Å². The number of aliphatic hydroxyl groups is 1. The van der Waals surface area contributed by atoms with E-state index in [1.165, 1.54) is 5.01 Å². The van der Waals surface area contributed by atoms with Crippen molar-refractivity contribution in [3.63, 3.8) is 0 Å². The van der Waals surface area contributed by atoms with Gasteiger partial charge in [0.2, 0.25) is 0 Å². The molecule has 0 aromatic carbocycles. The van der Waals surface area contributed by atoms with Crippen molar-refractivity contribution in [2.75, 3.05) is 6.61 Å². The number of hydrogen-bond acceptors (Lipinski definition) is 5. The molecule has 0 aliphatic carbocycles. The Morgan fingerprint density at radius 3 is 2.65 bits per heavy atom. The molecular formula is C11H21N5O. The molecule has 0 amide bonds. The van der Waals surface area contributed by atoms with Gasteiger partial charge in [0.25, 0.3) is 0 Å². The Bertz CT molecular complexity index is 335. The first kappa shape index (κ1) is 15.4. The number of nitrogens with two attached hydrogens (primary N) is 2. The SMILES string of the molecule is C=C(N)/C=C\C=C(/C)C(=N)N(NN)C(C)CO. The Hall–Kier alpha value is -1.63. The van der Waals surface area contributed by atoms with E-state index in [2.05, 4.69) is 12.1 Å². The van der Waals surface area contributed by atoms with Gasteiger partial charge in [0.05, 0.1) is 12.6 Å². The first-order chi connectivity index (χ1) is 7.93. The molecule has 0 saturated carbocycles. The number of nitrogens with one attached hydrogen (secondary N) is 2. The summed E-state index contributed by atoms with van der Waals surface area (Å²) in [6.07, 6.45) is 5.05. The zero-order chi connectivity index (χ0) is 13.4. The van der Waals surface area contributed by atoms with Crippen LogP contribution in [0.4, 0.5) is 0 Å². The topological polar surface area (TPSA) is 111 Å². The minimum atomic E-state index is -0.288. The molecule has 7 N–H and O–H groups in total. The maximum atomic E-state index is 9.02. The van der Waals surface area contributed by atoms with Gasteiger partial charge in [-0.05, 0) is 25.5 Å². The Labute approximate surface area is 102 Å². The van der Waals surface area contributed by atoms with Gasteiger partial charge in [-0.1, -0.05) is 18.7 Å². The molecular weight excluding hydrogens is 218 g/mol. The fourth-order valence-electron chi connectivity index (χ4n) is 1.08. The molecule has 0 spiro atoms. The summed E-state index contributed by atoms with van der Waals surface area (Å²) in [4.78, 5) is 0. The van der Waals surface area contributed by atoms with Gasteiger partial charge >= 0.3 is 0 Å². The van der Waals surface area contributed by atoms with Crippen LogP contribution in [-0.4, -0.2) is 28.6 Å². The first-order valence-corrected chi connectivity index (χ1v) is 5.18. The van der Waals surface area contributed by atoms with Gasteiger partial charge in [-0.2, -0.15) is 5.53 Å². The average Bonchev–Trinajstić information content (AvgIpc) is 2.28. The predicted molar refractivity (Wildman–Crippen MR) is 69.7 cm³/mol. The Morgan fingerprint density at radius 1 is 1.65 bits per heavy atom. The van der Waals surface area contributed by atoms with Crippen molar-refractivity contribution < 1.29 is 5.11 Å². The van der Waals surface area contributed by atoms with E-state index in [1.807, 2.05) is 0 Å². The highest BCUT2D eigenvalue weighted by atomic mass is 16.3. The van der Waals surface area contributed by atoms with Crippen LogP contribution in [0.15, 0.2) is 36.1 Å². The van der Waals surface area contributed by atoms with Crippen LogP contribution in [0.3, 0.4) is 0 Å². The van der Waals surface area contributed by atoms with Gasteiger partial charge in [-0.25, -0.2) is 0 Å². The zero-order valence-electron chi connectivity index (χ0n) is 10.3. The quantitative estimate of drug-likeness (QED) is 0.147. The van der Waals surface area contributed by atoms with E-state index in [-0.39, 0.29) is 18.5 Å². The number of rotatable bonds is 6. The van der Waals surface area contributed by atoms with Crippen molar-refractivity contribution in [3.8, 4) is 0 Å². The molecule has 0 bridgehead atoms. The number of hydrogen-bond donors (Lipinski definition) is 5. The van der Waals surface area contributed by atoms with Crippen LogP contribution in [0, 0.1) is 5.41 Å². The second kappa shape index (κ2) is 7.61. The Kier molecular flexibility index (Phi) is 6.88. The summed E-state index contributed by atoms with van der Waals surface area (Å²) < 4.78 is 0. The van der Waals surface area contributed by atoms with E-state index in [4.69, 9.17) is 22.1 Å². The molecule has 0 rings (SSSR count). The van der Waals surface area contributed by atoms with Crippen LogP contribution in [0.25, 0.3) is 0 Å². The Morgan fingerprint density at radius 2 is 2.24 bits per heavy atom. The zero-order valence-corrected chi connectivity index (χ0v) is 10.3. The molecule has 0 aliphatic rings. The number of allylic oxidation sites excluding steroid dienone is 3. The van der Waals surface area contributed by atoms with Gasteiger partial charge < -0.3 is 10.8 Å². The summed E-state index contributed by atoms with van der Waals surface area (Å²) in [5.41, 5.74) is 8.87. The first-order valence-electron chi connectivity index (χ1n) is 5.18. The normalized spacial score (nSPS) is 13.8. The van der Waals surface area contributed by atoms with Crippen LogP contribution in [0.1, 0.15) is 13.8 Å². The standard InChI is InChI=1S/C11H21N5O/c1-8(5-4-6-9(2)12)11(13)16(15-14)10(3)7-17/h4-6,10,13,15,17H,2,7,12,14H2,1,3H3/b6-4-,8-5+,13-11?. The second-order valence-corrected chi connectivity index (χ2v) is 3.66. The summed E-state index contributed by atoms with van der Waals surface area (Å²) in [7, 11) is 0. The van der Waals surface area contributed by atoms with Crippen LogP contribution < -0.4 is 17.1 Å². The van der Waals surface area contributed by atoms with Gasteiger partial charge in [0, 0.05) is 5.70 Å². The number of hydrazine groups is 2. The fourth-order valence-corrected chi connectivity index (χ4v) is 1.08.